The number of sulfonamides is 1. The van der Waals surface area contributed by atoms with E-state index >= 15 is 0 Å². The second-order valence-corrected chi connectivity index (χ2v) is 9.20. The predicted molar refractivity (Wildman–Crippen MR) is 105 cm³/mol. The number of carbonyl (C=O) groups excluding carboxylic acids is 1. The van der Waals surface area contributed by atoms with Crippen molar-refractivity contribution >= 4 is 26.7 Å². The van der Waals surface area contributed by atoms with E-state index in [0.717, 1.165) is 37.0 Å². The first-order valence-electron chi connectivity index (χ1n) is 9.54. The number of hydrogen-bond donors (Lipinski definition) is 1. The molecule has 2 aromatic rings. The highest BCUT2D eigenvalue weighted by Crippen LogP contribution is 2.27. The van der Waals surface area contributed by atoms with E-state index in [4.69, 9.17) is 0 Å². The first-order valence-corrected chi connectivity index (χ1v) is 11.0. The van der Waals surface area contributed by atoms with E-state index in [1.54, 1.807) is 12.1 Å². The highest BCUT2D eigenvalue weighted by molar-refractivity contribution is 7.89. The largest absolute Gasteiger partial charge is 0.340 e. The summed E-state index contributed by atoms with van der Waals surface area (Å²) in [6, 6.07) is 13.0. The molecular formula is C20H25N3O3S. The molecule has 144 valence electrons. The van der Waals surface area contributed by atoms with Gasteiger partial charge < -0.3 is 10.2 Å². The van der Waals surface area contributed by atoms with Crippen molar-refractivity contribution in [1.29, 1.82) is 0 Å². The number of rotatable bonds is 3. The molecule has 2 saturated heterocycles. The minimum atomic E-state index is -3.53. The molecule has 7 heteroatoms. The number of carbonyl (C=O) groups is 1. The molecule has 0 aromatic heterocycles. The Bertz CT molecular complexity index is 930. The Kier molecular flexibility index (Phi) is 5.16. The topological polar surface area (TPSA) is 69.7 Å². The third-order valence-corrected chi connectivity index (χ3v) is 7.49. The first-order chi connectivity index (χ1) is 13.1. The van der Waals surface area contributed by atoms with Crippen molar-refractivity contribution in [3.8, 4) is 0 Å². The van der Waals surface area contributed by atoms with Gasteiger partial charge in [0, 0.05) is 45.2 Å². The van der Waals surface area contributed by atoms with Crippen molar-refractivity contribution in [2.45, 2.75) is 17.7 Å². The summed E-state index contributed by atoms with van der Waals surface area (Å²) in [4.78, 5) is 14.9. The number of benzene rings is 2. The SMILES string of the molecule is O=C(C1CCN(S(=O)(=O)c2ccc3ccccc3c2)CC1)N1CCNCC1. The highest BCUT2D eigenvalue weighted by Gasteiger charge is 2.34. The summed E-state index contributed by atoms with van der Waals surface area (Å²) in [7, 11) is -3.53. The molecule has 2 aliphatic heterocycles. The van der Waals surface area contributed by atoms with Gasteiger partial charge in [0.05, 0.1) is 4.90 Å². The zero-order chi connectivity index (χ0) is 18.9. The van der Waals surface area contributed by atoms with Crippen LogP contribution in [0.2, 0.25) is 0 Å². The van der Waals surface area contributed by atoms with Gasteiger partial charge in [-0.3, -0.25) is 4.79 Å². The minimum Gasteiger partial charge on any atom is -0.340 e. The van der Waals surface area contributed by atoms with Crippen LogP contribution in [0, 0.1) is 5.92 Å². The fraction of sp³-hybridized carbons (Fsp3) is 0.450. The van der Waals surface area contributed by atoms with Crippen molar-refractivity contribution in [3.63, 3.8) is 0 Å². The Morgan fingerprint density at radius 2 is 1.59 bits per heavy atom. The number of amides is 1. The molecule has 2 fully saturated rings. The molecule has 1 amide bonds. The van der Waals surface area contributed by atoms with Crippen molar-refractivity contribution in [1.82, 2.24) is 14.5 Å². The Morgan fingerprint density at radius 3 is 2.30 bits per heavy atom. The zero-order valence-electron chi connectivity index (χ0n) is 15.3. The van der Waals surface area contributed by atoms with Gasteiger partial charge in [-0.05, 0) is 35.7 Å². The van der Waals surface area contributed by atoms with Gasteiger partial charge >= 0.3 is 0 Å². The van der Waals surface area contributed by atoms with Crippen LogP contribution in [0.25, 0.3) is 10.8 Å². The quantitative estimate of drug-likeness (QED) is 0.870. The lowest BCUT2D eigenvalue weighted by Gasteiger charge is -2.35. The van der Waals surface area contributed by atoms with E-state index in [-0.39, 0.29) is 11.8 Å². The van der Waals surface area contributed by atoms with E-state index < -0.39 is 10.0 Å². The van der Waals surface area contributed by atoms with Gasteiger partial charge in [0.25, 0.3) is 0 Å². The number of piperazine rings is 1. The molecule has 2 aromatic carbocycles. The molecule has 0 unspecified atom stereocenters. The molecule has 1 N–H and O–H groups in total. The standard InChI is InChI=1S/C20H25N3O3S/c24-20(22-13-9-21-10-14-22)17-7-11-23(12-8-17)27(25,26)19-6-5-16-3-1-2-4-18(16)15-19/h1-6,15,17,21H,7-14H2. The average molecular weight is 388 g/mol. The van der Waals surface area contributed by atoms with E-state index in [1.807, 2.05) is 35.2 Å². The normalized spacial score (nSPS) is 20.1. The van der Waals surface area contributed by atoms with Gasteiger partial charge in [-0.2, -0.15) is 4.31 Å². The molecule has 0 bridgehead atoms. The van der Waals surface area contributed by atoms with Crippen molar-refractivity contribution in [2.24, 2.45) is 5.92 Å². The molecule has 0 saturated carbocycles. The lowest BCUT2D eigenvalue weighted by atomic mass is 9.96. The molecule has 0 spiro atoms. The second-order valence-electron chi connectivity index (χ2n) is 7.26. The summed E-state index contributed by atoms with van der Waals surface area (Å²) in [5.74, 6) is 0.116. The highest BCUT2D eigenvalue weighted by atomic mass is 32.2. The monoisotopic (exact) mass is 387 g/mol. The fourth-order valence-electron chi connectivity index (χ4n) is 3.96. The molecule has 27 heavy (non-hydrogen) atoms. The van der Waals surface area contributed by atoms with Gasteiger partial charge in [0.1, 0.15) is 0 Å². The van der Waals surface area contributed by atoms with Crippen LogP contribution in [-0.4, -0.2) is 62.8 Å². The number of nitrogens with zero attached hydrogens (tertiary/aromatic N) is 2. The van der Waals surface area contributed by atoms with Crippen molar-refractivity contribution in [3.05, 3.63) is 42.5 Å². The third-order valence-electron chi connectivity index (χ3n) is 5.59. The number of piperidine rings is 1. The summed E-state index contributed by atoms with van der Waals surface area (Å²) in [6.45, 7) is 3.96. The number of nitrogens with one attached hydrogen (secondary N) is 1. The van der Waals surface area contributed by atoms with E-state index in [9.17, 15) is 13.2 Å². The third kappa shape index (κ3) is 3.72. The molecule has 2 heterocycles. The number of hydrogen-bond acceptors (Lipinski definition) is 4. The Hall–Kier alpha value is -1.96. The molecular weight excluding hydrogens is 362 g/mol. The maximum Gasteiger partial charge on any atom is 0.243 e. The van der Waals surface area contributed by atoms with Crippen LogP contribution in [0.1, 0.15) is 12.8 Å². The maximum atomic E-state index is 13.0. The van der Waals surface area contributed by atoms with Crippen LogP contribution in [0.4, 0.5) is 0 Å². The molecule has 4 rings (SSSR count). The summed E-state index contributed by atoms with van der Waals surface area (Å²) in [6.07, 6.45) is 1.19. The lowest BCUT2D eigenvalue weighted by Crippen LogP contribution is -2.50. The fourth-order valence-corrected chi connectivity index (χ4v) is 5.47. The minimum absolute atomic E-state index is 0.0637. The van der Waals surface area contributed by atoms with E-state index in [2.05, 4.69) is 5.32 Å². The molecule has 0 aliphatic carbocycles. The second kappa shape index (κ2) is 7.58. The molecule has 2 aliphatic rings. The molecule has 0 atom stereocenters. The van der Waals surface area contributed by atoms with Crippen LogP contribution >= 0.6 is 0 Å². The van der Waals surface area contributed by atoms with Crippen molar-refractivity contribution in [2.75, 3.05) is 39.3 Å². The lowest BCUT2D eigenvalue weighted by molar-refractivity contribution is -0.137. The van der Waals surface area contributed by atoms with Gasteiger partial charge in [-0.15, -0.1) is 0 Å². The summed E-state index contributed by atoms with van der Waals surface area (Å²) >= 11 is 0. The van der Waals surface area contributed by atoms with Crippen molar-refractivity contribution < 1.29 is 13.2 Å². The first kappa shape index (κ1) is 18.4. The van der Waals surface area contributed by atoms with Crippen LogP contribution in [0.15, 0.2) is 47.4 Å². The smallest absolute Gasteiger partial charge is 0.243 e. The Morgan fingerprint density at radius 1 is 0.926 bits per heavy atom. The van der Waals surface area contributed by atoms with Gasteiger partial charge in [0.15, 0.2) is 0 Å². The summed E-state index contributed by atoms with van der Waals surface area (Å²) < 4.78 is 27.6. The summed E-state index contributed by atoms with van der Waals surface area (Å²) in [5.41, 5.74) is 0. The van der Waals surface area contributed by atoms with Crippen LogP contribution in [-0.2, 0) is 14.8 Å². The van der Waals surface area contributed by atoms with Crippen LogP contribution in [0.5, 0.6) is 0 Å². The molecule has 6 nitrogen and oxygen atoms in total. The van der Waals surface area contributed by atoms with E-state index in [1.165, 1.54) is 4.31 Å². The van der Waals surface area contributed by atoms with Crippen LogP contribution < -0.4 is 5.32 Å². The molecule has 0 radical (unpaired) electrons. The zero-order valence-corrected chi connectivity index (χ0v) is 16.1. The van der Waals surface area contributed by atoms with Crippen LogP contribution in [0.3, 0.4) is 0 Å². The van der Waals surface area contributed by atoms with Gasteiger partial charge in [-0.25, -0.2) is 8.42 Å². The Labute approximate surface area is 160 Å². The number of fused-ring (bicyclic) bond motifs is 1. The Balaban J connectivity index is 1.45. The maximum absolute atomic E-state index is 13.0. The van der Waals surface area contributed by atoms with Gasteiger partial charge in [-0.1, -0.05) is 30.3 Å². The summed E-state index contributed by atoms with van der Waals surface area (Å²) in [5, 5.41) is 5.19. The van der Waals surface area contributed by atoms with Gasteiger partial charge in [0.2, 0.25) is 15.9 Å². The van der Waals surface area contributed by atoms with E-state index in [0.29, 0.717) is 30.8 Å². The predicted octanol–water partition coefficient (Wildman–Crippen LogP) is 1.67. The average Bonchev–Trinajstić information content (AvgIpc) is 2.73.